The summed E-state index contributed by atoms with van der Waals surface area (Å²) in [5, 5.41) is 0. The van der Waals surface area contributed by atoms with Crippen molar-refractivity contribution in [2.45, 2.75) is 6.42 Å². The average Bonchev–Trinajstić information content (AvgIpc) is 2.16. The second-order valence-electron chi connectivity index (χ2n) is 2.79. The van der Waals surface area contributed by atoms with Gasteiger partial charge in [-0.1, -0.05) is 6.08 Å². The van der Waals surface area contributed by atoms with Crippen LogP contribution in [-0.4, -0.2) is 16.9 Å². The average molecular weight is 250 g/mol. The Balaban J connectivity index is 0.00000225. The third-order valence-corrected chi connectivity index (χ3v) is 1.59. The minimum atomic E-state index is -4.94. The molecule has 0 spiro atoms. The van der Waals surface area contributed by atoms with E-state index in [-0.39, 0.29) is 63.8 Å². The van der Waals surface area contributed by atoms with Crippen LogP contribution in [-0.2, 0) is 6.42 Å². The van der Waals surface area contributed by atoms with Gasteiger partial charge < -0.3 is 12.9 Å². The maximum absolute atomic E-state index is 12.0. The molecule has 0 radical (unpaired) electrons. The van der Waals surface area contributed by atoms with Crippen molar-refractivity contribution in [3.63, 3.8) is 0 Å². The molecular formula is C9H7BF3KN2. The minimum absolute atomic E-state index is 0. The smallest absolute Gasteiger partial charge is 0.445 e. The van der Waals surface area contributed by atoms with Gasteiger partial charge in [0, 0.05) is 11.8 Å². The van der Waals surface area contributed by atoms with Gasteiger partial charge in [0.25, 0.3) is 0 Å². The Labute approximate surface area is 134 Å². The number of rotatable bonds is 3. The van der Waals surface area contributed by atoms with Gasteiger partial charge in [0.05, 0.1) is 12.1 Å². The summed E-state index contributed by atoms with van der Waals surface area (Å²) < 4.78 is 35.9. The SMILES string of the molecule is C#CCc1ncncc1/C=C/[B-](F)(F)F.[K+]. The number of nitrogens with zero attached hydrogens (tertiary/aromatic N) is 2. The summed E-state index contributed by atoms with van der Waals surface area (Å²) in [6.45, 7) is -4.94. The first-order valence-corrected chi connectivity index (χ1v) is 4.14. The van der Waals surface area contributed by atoms with Crippen molar-refractivity contribution in [2.24, 2.45) is 0 Å². The standard InChI is InChI=1S/C9H7BF3N2.K/c1-2-3-9-8(6-14-7-15-9)4-5-10(11,12)13;/h1,4-7H,3H2;/q-1;+1/b5-4+;. The fourth-order valence-electron chi connectivity index (χ4n) is 0.962. The largest absolute Gasteiger partial charge is 1.00 e. The summed E-state index contributed by atoms with van der Waals surface area (Å²) in [6.07, 6.45) is 8.74. The molecule has 7 heteroatoms. The normalized spacial score (nSPS) is 10.9. The third-order valence-electron chi connectivity index (χ3n) is 1.59. The quantitative estimate of drug-likeness (QED) is 0.511. The maximum Gasteiger partial charge on any atom is 1.00 e. The molecule has 0 atom stereocenters. The molecule has 0 amide bonds. The Hall–Kier alpha value is -0.129. The molecule has 0 bridgehead atoms. The van der Waals surface area contributed by atoms with Crippen molar-refractivity contribution >= 4 is 13.1 Å². The summed E-state index contributed by atoms with van der Waals surface area (Å²) in [6, 6.07) is 0. The number of aromatic nitrogens is 2. The molecule has 1 heterocycles. The summed E-state index contributed by atoms with van der Waals surface area (Å²) in [5.41, 5.74) is 0.721. The van der Waals surface area contributed by atoms with Crippen molar-refractivity contribution in [1.82, 2.24) is 9.97 Å². The van der Waals surface area contributed by atoms with E-state index in [2.05, 4.69) is 15.9 Å². The van der Waals surface area contributed by atoms with Gasteiger partial charge in [0.15, 0.2) is 0 Å². The topological polar surface area (TPSA) is 25.8 Å². The zero-order valence-electron chi connectivity index (χ0n) is 8.70. The zero-order valence-corrected chi connectivity index (χ0v) is 11.8. The van der Waals surface area contributed by atoms with Gasteiger partial charge in [0.2, 0.25) is 0 Å². The fraction of sp³-hybridized carbons (Fsp3) is 0.111. The van der Waals surface area contributed by atoms with Crippen LogP contribution in [0.2, 0.25) is 0 Å². The second kappa shape index (κ2) is 7.25. The van der Waals surface area contributed by atoms with Crippen molar-refractivity contribution in [2.75, 3.05) is 0 Å². The molecule has 0 unspecified atom stereocenters. The van der Waals surface area contributed by atoms with E-state index in [1.165, 1.54) is 12.5 Å². The van der Waals surface area contributed by atoms with Crippen LogP contribution in [0, 0.1) is 12.3 Å². The molecule has 0 aliphatic rings. The Kier molecular flexibility index (Phi) is 7.19. The molecule has 0 N–H and O–H groups in total. The van der Waals surface area contributed by atoms with Gasteiger partial charge in [-0.2, -0.15) is 0 Å². The van der Waals surface area contributed by atoms with E-state index in [1.54, 1.807) is 0 Å². The van der Waals surface area contributed by atoms with E-state index in [9.17, 15) is 12.9 Å². The van der Waals surface area contributed by atoms with Crippen LogP contribution < -0.4 is 51.4 Å². The minimum Gasteiger partial charge on any atom is -0.445 e. The third kappa shape index (κ3) is 5.82. The van der Waals surface area contributed by atoms with Gasteiger partial charge in [-0.15, -0.1) is 18.3 Å². The predicted octanol–water partition coefficient (Wildman–Crippen LogP) is -0.944. The van der Waals surface area contributed by atoms with E-state index in [0.717, 1.165) is 6.08 Å². The molecule has 0 aliphatic heterocycles. The van der Waals surface area contributed by atoms with Crippen LogP contribution in [0.3, 0.4) is 0 Å². The first-order valence-electron chi connectivity index (χ1n) is 4.14. The van der Waals surface area contributed by atoms with Crippen LogP contribution in [0.5, 0.6) is 0 Å². The van der Waals surface area contributed by atoms with Crippen molar-refractivity contribution in [3.05, 3.63) is 29.8 Å². The fourth-order valence-corrected chi connectivity index (χ4v) is 0.962. The van der Waals surface area contributed by atoms with E-state index in [4.69, 9.17) is 6.42 Å². The maximum atomic E-state index is 12.0. The molecule has 78 valence electrons. The summed E-state index contributed by atoms with van der Waals surface area (Å²) >= 11 is 0. The Morgan fingerprint density at radius 1 is 1.44 bits per heavy atom. The van der Waals surface area contributed by atoms with Crippen LogP contribution in [0.25, 0.3) is 6.08 Å². The second-order valence-corrected chi connectivity index (χ2v) is 2.79. The molecule has 2 nitrogen and oxygen atoms in total. The Morgan fingerprint density at radius 3 is 2.69 bits per heavy atom. The molecule has 0 aliphatic carbocycles. The molecule has 0 aromatic carbocycles. The van der Waals surface area contributed by atoms with E-state index in [1.807, 2.05) is 0 Å². The van der Waals surface area contributed by atoms with Gasteiger partial charge in [-0.05, 0) is 0 Å². The van der Waals surface area contributed by atoms with E-state index >= 15 is 0 Å². The van der Waals surface area contributed by atoms with Crippen LogP contribution in [0.15, 0.2) is 18.5 Å². The van der Waals surface area contributed by atoms with Crippen LogP contribution in [0.1, 0.15) is 11.3 Å². The molecule has 1 aromatic rings. The van der Waals surface area contributed by atoms with E-state index < -0.39 is 6.98 Å². The predicted molar refractivity (Wildman–Crippen MR) is 52.7 cm³/mol. The number of terminal acetylenes is 1. The van der Waals surface area contributed by atoms with E-state index in [0.29, 0.717) is 11.3 Å². The summed E-state index contributed by atoms with van der Waals surface area (Å²) in [4.78, 5) is 7.44. The first-order chi connectivity index (χ1) is 7.03. The van der Waals surface area contributed by atoms with Crippen LogP contribution >= 0.6 is 0 Å². The van der Waals surface area contributed by atoms with Gasteiger partial charge in [-0.25, -0.2) is 9.97 Å². The Morgan fingerprint density at radius 2 is 2.12 bits per heavy atom. The molecule has 1 rings (SSSR count). The van der Waals surface area contributed by atoms with Gasteiger partial charge in [0.1, 0.15) is 6.33 Å². The Bertz CT molecular complexity index is 412. The zero-order chi connectivity index (χ0) is 11.3. The first kappa shape index (κ1) is 15.9. The monoisotopic (exact) mass is 250 g/mol. The molecular weight excluding hydrogens is 243 g/mol. The molecule has 1 aromatic heterocycles. The number of hydrogen-bond acceptors (Lipinski definition) is 2. The number of halogens is 3. The molecule has 0 fully saturated rings. The van der Waals surface area contributed by atoms with Crippen LogP contribution in [0.4, 0.5) is 12.9 Å². The molecule has 16 heavy (non-hydrogen) atoms. The van der Waals surface area contributed by atoms with Crippen molar-refractivity contribution in [1.29, 1.82) is 0 Å². The van der Waals surface area contributed by atoms with Gasteiger partial charge in [-0.3, -0.25) is 0 Å². The number of hydrogen-bond donors (Lipinski definition) is 0. The summed E-state index contributed by atoms with van der Waals surface area (Å²) in [7, 11) is 0. The summed E-state index contributed by atoms with van der Waals surface area (Å²) in [5.74, 6) is 2.51. The van der Waals surface area contributed by atoms with Gasteiger partial charge >= 0.3 is 58.4 Å². The molecule has 0 saturated heterocycles. The van der Waals surface area contributed by atoms with Crippen molar-refractivity contribution in [3.8, 4) is 12.3 Å². The van der Waals surface area contributed by atoms with Crippen molar-refractivity contribution < 1.29 is 64.3 Å². The molecule has 0 saturated carbocycles.